The summed E-state index contributed by atoms with van der Waals surface area (Å²) in [7, 11) is 1.52. The third kappa shape index (κ3) is 2.83. The van der Waals surface area contributed by atoms with Gasteiger partial charge in [0.05, 0.1) is 12.0 Å². The second-order valence-electron chi connectivity index (χ2n) is 4.06. The predicted molar refractivity (Wildman–Crippen MR) is 78.8 cm³/mol. The standard InChI is InChI=1S/C13H13BrN2O4/c1-19-5-4-16-13(18)10-11(17)8-6-7(14)2-3-9(8)20-12(10)15/h2-3,6H,4-5,15H2,1H3,(H,16,18). The molecule has 7 heteroatoms. The van der Waals surface area contributed by atoms with Crippen molar-refractivity contribution in [3.05, 3.63) is 38.5 Å². The topological polar surface area (TPSA) is 94.6 Å². The Balaban J connectivity index is 2.48. The molecule has 0 aliphatic rings. The maximum atomic E-state index is 12.3. The Morgan fingerprint density at radius 1 is 1.50 bits per heavy atom. The molecular weight excluding hydrogens is 328 g/mol. The lowest BCUT2D eigenvalue weighted by atomic mass is 10.1. The smallest absolute Gasteiger partial charge is 0.260 e. The van der Waals surface area contributed by atoms with Gasteiger partial charge >= 0.3 is 0 Å². The summed E-state index contributed by atoms with van der Waals surface area (Å²) in [6, 6.07) is 4.93. The van der Waals surface area contributed by atoms with Crippen molar-refractivity contribution in [3.63, 3.8) is 0 Å². The van der Waals surface area contributed by atoms with Gasteiger partial charge in [-0.05, 0) is 18.2 Å². The summed E-state index contributed by atoms with van der Waals surface area (Å²) in [4.78, 5) is 24.3. The van der Waals surface area contributed by atoms with E-state index < -0.39 is 11.3 Å². The summed E-state index contributed by atoms with van der Waals surface area (Å²) >= 11 is 3.27. The number of carbonyl (C=O) groups is 1. The Bertz CT molecular complexity index is 711. The fourth-order valence-electron chi connectivity index (χ4n) is 1.75. The molecule has 0 saturated heterocycles. The molecule has 20 heavy (non-hydrogen) atoms. The zero-order valence-corrected chi connectivity index (χ0v) is 12.3. The number of nitrogens with one attached hydrogen (secondary N) is 1. The molecule has 0 spiro atoms. The molecule has 0 bridgehead atoms. The second kappa shape index (κ2) is 6.06. The van der Waals surface area contributed by atoms with Crippen LogP contribution in [0.2, 0.25) is 0 Å². The number of fused-ring (bicyclic) bond motifs is 1. The Morgan fingerprint density at radius 3 is 2.95 bits per heavy atom. The molecular formula is C13H13BrN2O4. The number of hydrogen-bond donors (Lipinski definition) is 2. The van der Waals surface area contributed by atoms with Gasteiger partial charge in [0.25, 0.3) is 5.91 Å². The monoisotopic (exact) mass is 340 g/mol. The number of benzene rings is 1. The third-order valence-corrected chi connectivity index (χ3v) is 3.19. The van der Waals surface area contributed by atoms with Crippen molar-refractivity contribution in [2.24, 2.45) is 0 Å². The molecule has 0 atom stereocenters. The molecule has 2 aromatic rings. The third-order valence-electron chi connectivity index (χ3n) is 2.70. The minimum atomic E-state index is -0.574. The fourth-order valence-corrected chi connectivity index (χ4v) is 2.12. The first kappa shape index (κ1) is 14.5. The van der Waals surface area contributed by atoms with Gasteiger partial charge in [-0.25, -0.2) is 0 Å². The number of amides is 1. The molecule has 1 amide bonds. The van der Waals surface area contributed by atoms with Gasteiger partial charge in [-0.1, -0.05) is 15.9 Å². The molecule has 1 aromatic carbocycles. The quantitative estimate of drug-likeness (QED) is 0.822. The number of nitrogens with two attached hydrogens (primary N) is 1. The van der Waals surface area contributed by atoms with Gasteiger partial charge in [-0.3, -0.25) is 9.59 Å². The molecule has 3 N–H and O–H groups in total. The molecule has 106 valence electrons. The molecule has 0 aliphatic heterocycles. The normalized spacial score (nSPS) is 10.7. The molecule has 1 aromatic heterocycles. The Hall–Kier alpha value is -1.86. The summed E-state index contributed by atoms with van der Waals surface area (Å²) in [6.45, 7) is 0.626. The first-order valence-electron chi connectivity index (χ1n) is 5.83. The zero-order chi connectivity index (χ0) is 14.7. The number of hydrogen-bond acceptors (Lipinski definition) is 5. The summed E-state index contributed by atoms with van der Waals surface area (Å²) in [5, 5.41) is 2.84. The van der Waals surface area contributed by atoms with Crippen LogP contribution in [-0.4, -0.2) is 26.2 Å². The summed E-state index contributed by atoms with van der Waals surface area (Å²) in [5.74, 6) is -0.769. The van der Waals surface area contributed by atoms with Crippen LogP contribution >= 0.6 is 15.9 Å². The number of halogens is 1. The fraction of sp³-hybridized carbons (Fsp3) is 0.231. The van der Waals surface area contributed by atoms with Gasteiger partial charge in [0.2, 0.25) is 11.3 Å². The van der Waals surface area contributed by atoms with Gasteiger partial charge in [0.1, 0.15) is 11.1 Å². The van der Waals surface area contributed by atoms with Crippen molar-refractivity contribution >= 4 is 38.7 Å². The maximum Gasteiger partial charge on any atom is 0.260 e. The predicted octanol–water partition coefficient (Wildman–Crippen LogP) is 1.51. The number of carbonyl (C=O) groups excluding carboxylic acids is 1. The number of methoxy groups -OCH3 is 1. The highest BCUT2D eigenvalue weighted by atomic mass is 79.9. The van der Waals surface area contributed by atoms with Crippen LogP contribution in [0.25, 0.3) is 11.0 Å². The van der Waals surface area contributed by atoms with E-state index in [-0.39, 0.29) is 18.0 Å². The van der Waals surface area contributed by atoms with Gasteiger partial charge < -0.3 is 20.2 Å². The lowest BCUT2D eigenvalue weighted by Gasteiger charge is -2.07. The SMILES string of the molecule is COCCNC(=O)c1c(N)oc2ccc(Br)cc2c1=O. The van der Waals surface area contributed by atoms with Crippen LogP contribution < -0.4 is 16.5 Å². The van der Waals surface area contributed by atoms with E-state index in [9.17, 15) is 9.59 Å². The van der Waals surface area contributed by atoms with Crippen molar-refractivity contribution in [1.82, 2.24) is 5.32 Å². The number of nitrogen functional groups attached to an aromatic ring is 1. The molecule has 0 radical (unpaired) electrons. The van der Waals surface area contributed by atoms with E-state index in [1.165, 1.54) is 7.11 Å². The Morgan fingerprint density at radius 2 is 2.25 bits per heavy atom. The van der Waals surface area contributed by atoms with E-state index >= 15 is 0 Å². The van der Waals surface area contributed by atoms with E-state index in [2.05, 4.69) is 21.2 Å². The maximum absolute atomic E-state index is 12.3. The van der Waals surface area contributed by atoms with Crippen molar-refractivity contribution < 1.29 is 13.9 Å². The minimum Gasteiger partial charge on any atom is -0.440 e. The molecule has 2 rings (SSSR count). The van der Waals surface area contributed by atoms with Crippen molar-refractivity contribution in [2.75, 3.05) is 26.0 Å². The van der Waals surface area contributed by atoms with E-state index in [4.69, 9.17) is 14.9 Å². The molecule has 0 aliphatic carbocycles. The van der Waals surface area contributed by atoms with Gasteiger partial charge in [-0.2, -0.15) is 0 Å². The van der Waals surface area contributed by atoms with Gasteiger partial charge in [0.15, 0.2) is 0 Å². The van der Waals surface area contributed by atoms with E-state index in [0.29, 0.717) is 22.0 Å². The first-order valence-corrected chi connectivity index (χ1v) is 6.63. The Labute approximate surface area is 123 Å². The van der Waals surface area contributed by atoms with Crippen molar-refractivity contribution in [3.8, 4) is 0 Å². The van der Waals surface area contributed by atoms with Crippen LogP contribution in [0.4, 0.5) is 5.88 Å². The van der Waals surface area contributed by atoms with Crippen LogP contribution in [-0.2, 0) is 4.74 Å². The molecule has 0 fully saturated rings. The lowest BCUT2D eigenvalue weighted by molar-refractivity contribution is 0.0935. The van der Waals surface area contributed by atoms with Crippen LogP contribution in [0.15, 0.2) is 31.9 Å². The van der Waals surface area contributed by atoms with Gasteiger partial charge in [-0.15, -0.1) is 0 Å². The number of rotatable bonds is 4. The molecule has 0 unspecified atom stereocenters. The largest absolute Gasteiger partial charge is 0.440 e. The van der Waals surface area contributed by atoms with Crippen LogP contribution in [0.1, 0.15) is 10.4 Å². The van der Waals surface area contributed by atoms with E-state index in [0.717, 1.165) is 0 Å². The summed E-state index contributed by atoms with van der Waals surface area (Å²) in [5.41, 5.74) is 5.35. The average Bonchev–Trinajstić information content (AvgIpc) is 2.40. The Kier molecular flexibility index (Phi) is 4.41. The van der Waals surface area contributed by atoms with Crippen LogP contribution in [0, 0.1) is 0 Å². The highest BCUT2D eigenvalue weighted by Gasteiger charge is 2.19. The second-order valence-corrected chi connectivity index (χ2v) is 4.98. The zero-order valence-electron chi connectivity index (χ0n) is 10.7. The number of anilines is 1. The van der Waals surface area contributed by atoms with Crippen molar-refractivity contribution in [2.45, 2.75) is 0 Å². The summed E-state index contributed by atoms with van der Waals surface area (Å²) in [6.07, 6.45) is 0. The molecule has 1 heterocycles. The van der Waals surface area contributed by atoms with Crippen molar-refractivity contribution in [1.29, 1.82) is 0 Å². The average molecular weight is 341 g/mol. The lowest BCUT2D eigenvalue weighted by Crippen LogP contribution is -2.32. The van der Waals surface area contributed by atoms with Crippen LogP contribution in [0.5, 0.6) is 0 Å². The summed E-state index contributed by atoms with van der Waals surface area (Å²) < 4.78 is 10.9. The minimum absolute atomic E-state index is 0.188. The highest BCUT2D eigenvalue weighted by molar-refractivity contribution is 9.10. The van der Waals surface area contributed by atoms with Gasteiger partial charge in [0, 0.05) is 18.1 Å². The number of ether oxygens (including phenoxy) is 1. The molecule has 6 nitrogen and oxygen atoms in total. The van der Waals surface area contributed by atoms with E-state index in [1.54, 1.807) is 18.2 Å². The highest BCUT2D eigenvalue weighted by Crippen LogP contribution is 2.21. The molecule has 0 saturated carbocycles. The first-order chi connectivity index (χ1) is 9.54. The van der Waals surface area contributed by atoms with Crippen LogP contribution in [0.3, 0.4) is 0 Å². The van der Waals surface area contributed by atoms with E-state index in [1.807, 2.05) is 0 Å².